The third kappa shape index (κ3) is 26.4. The van der Waals surface area contributed by atoms with Crippen LogP contribution in [0, 0.1) is 17.2 Å². The van der Waals surface area contributed by atoms with Crippen molar-refractivity contribution in [2.45, 2.75) is 173 Å². The van der Waals surface area contributed by atoms with Gasteiger partial charge in [0, 0.05) is 88.2 Å². The number of carboxylic acid groups (broad SMARTS) is 2. The Morgan fingerprint density at radius 3 is 1.73 bits per heavy atom. The molecule has 95 heavy (non-hydrogen) atoms. The smallest absolute Gasteiger partial charge is 0.300 e. The molecule has 32 heteroatoms. The number of aliphatic hydroxyl groups excluding tert-OH is 1. The van der Waals surface area contributed by atoms with Gasteiger partial charge in [0.15, 0.2) is 5.96 Å². The molecule has 2 aromatic heterocycles. The van der Waals surface area contributed by atoms with Crippen molar-refractivity contribution in [3.05, 3.63) is 84.1 Å². The molecule has 9 atom stereocenters. The lowest BCUT2D eigenvalue weighted by Crippen LogP contribution is -2.61. The summed E-state index contributed by atoms with van der Waals surface area (Å²) in [6.07, 6.45) is 5.81. The Hall–Kier alpha value is -10.1. The number of nitrogens with one attached hydrogen (secondary N) is 13. The minimum Gasteiger partial charge on any atom is -0.508 e. The van der Waals surface area contributed by atoms with Gasteiger partial charge in [-0.25, -0.2) is 4.98 Å². The molecule has 2 aliphatic heterocycles. The van der Waals surface area contributed by atoms with E-state index >= 15 is 0 Å². The number of para-hydroxylation sites is 1. The first-order valence-electron chi connectivity index (χ1n) is 31.4. The summed E-state index contributed by atoms with van der Waals surface area (Å²) in [6.45, 7) is 11.0. The topological polar surface area (TPSA) is 504 Å². The Kier molecular flexibility index (Phi) is 31.6. The molecule has 0 saturated carbocycles. The van der Waals surface area contributed by atoms with E-state index in [2.05, 4.69) is 68.1 Å². The quantitative estimate of drug-likeness (QED) is 0.0158. The molecule has 4 heterocycles. The van der Waals surface area contributed by atoms with Crippen molar-refractivity contribution in [1.82, 2.24) is 73.0 Å². The second kappa shape index (κ2) is 38.8. The molecule has 0 radical (unpaired) electrons. The van der Waals surface area contributed by atoms with Gasteiger partial charge in [0.1, 0.15) is 60.1 Å². The number of aromatic nitrogens is 3. The minimum atomic E-state index is -1.75. The fourth-order valence-electron chi connectivity index (χ4n) is 10.5. The number of likely N-dealkylation sites (N-methyl/N-ethyl adjacent to an activating group) is 1. The number of likely N-dealkylation sites (tertiary alicyclic amines) is 1. The highest BCUT2D eigenvalue weighted by Gasteiger charge is 2.40. The zero-order valence-corrected chi connectivity index (χ0v) is 54.5. The van der Waals surface area contributed by atoms with Gasteiger partial charge in [-0.1, -0.05) is 58.0 Å². The average molecular weight is 1330 g/mol. The number of carbonyl (C=O) groups is 12. The number of aromatic hydroxyl groups is 1. The van der Waals surface area contributed by atoms with Gasteiger partial charge in [-0.05, 0) is 93.0 Å². The van der Waals surface area contributed by atoms with Crippen LogP contribution in [0.15, 0.2) is 67.3 Å². The van der Waals surface area contributed by atoms with Gasteiger partial charge in [-0.15, -0.1) is 0 Å². The number of carboxylic acids is 2. The van der Waals surface area contributed by atoms with E-state index in [1.165, 1.54) is 41.7 Å². The fourth-order valence-corrected chi connectivity index (χ4v) is 10.5. The Morgan fingerprint density at radius 1 is 0.674 bits per heavy atom. The summed E-state index contributed by atoms with van der Waals surface area (Å²) in [5.41, 5.74) is 7.69. The lowest BCUT2D eigenvalue weighted by Gasteiger charge is -2.31. The summed E-state index contributed by atoms with van der Waals surface area (Å²) in [5.74, 6) is -9.36. The standard InChI is InChI=1S/C59H84N16O12.2C2H4O2/c1-6-63-57(86)48-14-10-22-75(48)58(87)41(13-9-21-64-59(60)61)68-51(80)42(23-32(2)3)69-52(81)43(24-33(4)5)70-53(82)44(25-34-15-17-37(77)18-16-34)71-56(85)47(30-76)74-54(83)45(26-35-28-65-39-12-8-7-11-38(35)39)72-55(84)46(27-36-29-62-31-66-36)73-50(79)40-19-20-49(78)67-40;2*1-2(3)4/h7-8,11-12,15-18,28-29,31-33,40-48,65,76-77H,6,9-10,13-14,19-27,30H2,1-5H3,(H,62,66)(H,63,86)(H,67,78)(H,68,80)(H,69,81)(H,70,82)(H,71,85)(H,72,84)(H,73,79)(H,74,83)(H4,60,61,64);2*1H3,(H,3,4)/t40-,41-,42-,43+,44-,45-,46-,47-,48-;;/m0../s1. The van der Waals surface area contributed by atoms with Crippen LogP contribution in [0.2, 0.25) is 0 Å². The molecule has 2 fully saturated rings. The van der Waals surface area contributed by atoms with E-state index < -0.39 is 120 Å². The van der Waals surface area contributed by atoms with E-state index in [1.54, 1.807) is 45.2 Å². The average Bonchev–Trinajstić information content (AvgIpc) is 1.77. The maximum Gasteiger partial charge on any atom is 0.300 e. The number of carbonyl (C=O) groups excluding carboxylic acids is 10. The number of amides is 10. The van der Waals surface area contributed by atoms with E-state index in [4.69, 9.17) is 30.9 Å². The van der Waals surface area contributed by atoms with Crippen LogP contribution in [0.25, 0.3) is 10.9 Å². The number of aromatic amines is 2. The molecular formula is C63H92N16O16. The number of aliphatic carboxylic acids is 2. The van der Waals surface area contributed by atoms with Crippen LogP contribution in [-0.2, 0) is 76.8 Å². The van der Waals surface area contributed by atoms with Crippen molar-refractivity contribution >= 4 is 87.9 Å². The number of phenols is 1. The lowest BCUT2D eigenvalue weighted by molar-refractivity contribution is -0.142. The molecule has 2 aliphatic rings. The summed E-state index contributed by atoms with van der Waals surface area (Å²) in [5, 5.41) is 70.9. The second-order valence-electron chi connectivity index (χ2n) is 23.8. The molecule has 10 amide bonds. The van der Waals surface area contributed by atoms with Crippen LogP contribution < -0.4 is 58.9 Å². The SMILES string of the molecule is CC(=O)O.CC(=O)O.CCNC(=O)[C@@H]1CCCN1C(=O)[C@H](CCCNC(=N)N)NC(=O)[C@H](CC(C)C)NC(=O)[C@@H](CC(C)C)NC(=O)[C@H](Cc1ccc(O)cc1)NC(=O)[C@H](CO)NC(=O)[C@H](Cc1c[nH]c2ccccc12)NC(=O)[C@H](Cc1cnc[nH]1)NC(=O)[C@@H]1CCC(=O)N1. The molecule has 6 rings (SSSR count). The fraction of sp³-hybridized carbons (Fsp3) is 0.524. The summed E-state index contributed by atoms with van der Waals surface area (Å²) < 4.78 is 0. The number of nitrogens with two attached hydrogens (primary N) is 1. The van der Waals surface area contributed by atoms with Gasteiger partial charge in [-0.2, -0.15) is 0 Å². The van der Waals surface area contributed by atoms with Gasteiger partial charge >= 0.3 is 0 Å². The van der Waals surface area contributed by atoms with E-state index in [0.717, 1.165) is 19.4 Å². The van der Waals surface area contributed by atoms with Crippen molar-refractivity contribution in [2.75, 3.05) is 26.2 Å². The Morgan fingerprint density at radius 2 is 1.20 bits per heavy atom. The van der Waals surface area contributed by atoms with Gasteiger partial charge in [0.2, 0.25) is 59.1 Å². The van der Waals surface area contributed by atoms with E-state index in [9.17, 15) is 58.2 Å². The largest absolute Gasteiger partial charge is 0.508 e. The highest BCUT2D eigenvalue weighted by atomic mass is 16.4. The Labute approximate surface area is 549 Å². The number of benzene rings is 2. The maximum absolute atomic E-state index is 14.7. The number of phenolic OH excluding ortho intramolecular Hbond substituents is 1. The Balaban J connectivity index is 0.00000227. The Bertz CT molecular complexity index is 3250. The van der Waals surface area contributed by atoms with Crippen LogP contribution in [0.3, 0.4) is 0 Å². The third-order valence-electron chi connectivity index (χ3n) is 14.9. The molecule has 2 aromatic carbocycles. The lowest BCUT2D eigenvalue weighted by atomic mass is 9.98. The molecule has 0 unspecified atom stereocenters. The number of rotatable bonds is 32. The molecule has 19 N–H and O–H groups in total. The molecular weight excluding hydrogens is 1240 g/mol. The van der Waals surface area contributed by atoms with Crippen LogP contribution >= 0.6 is 0 Å². The van der Waals surface area contributed by atoms with Crippen molar-refractivity contribution in [3.63, 3.8) is 0 Å². The summed E-state index contributed by atoms with van der Waals surface area (Å²) in [6, 6.07) is 1.56. The number of aliphatic hydroxyl groups is 1. The molecule has 2 saturated heterocycles. The van der Waals surface area contributed by atoms with E-state index in [-0.39, 0.29) is 99.8 Å². The second-order valence-corrected chi connectivity index (χ2v) is 23.8. The molecule has 520 valence electrons. The highest BCUT2D eigenvalue weighted by Crippen LogP contribution is 2.22. The third-order valence-corrected chi connectivity index (χ3v) is 14.9. The number of imidazole rings is 1. The zero-order valence-electron chi connectivity index (χ0n) is 54.5. The predicted octanol–water partition coefficient (Wildman–Crippen LogP) is -1.05. The monoisotopic (exact) mass is 1330 g/mol. The summed E-state index contributed by atoms with van der Waals surface area (Å²) in [7, 11) is 0. The summed E-state index contributed by atoms with van der Waals surface area (Å²) >= 11 is 0. The van der Waals surface area contributed by atoms with Gasteiger partial charge in [0.25, 0.3) is 11.9 Å². The molecule has 32 nitrogen and oxygen atoms in total. The van der Waals surface area contributed by atoms with Crippen molar-refractivity contribution in [2.24, 2.45) is 17.6 Å². The summed E-state index contributed by atoms with van der Waals surface area (Å²) in [4.78, 5) is 169. The minimum absolute atomic E-state index is 0.0380. The molecule has 0 aliphatic carbocycles. The van der Waals surface area contributed by atoms with Crippen LogP contribution in [0.4, 0.5) is 0 Å². The maximum atomic E-state index is 14.7. The zero-order chi connectivity index (χ0) is 70.5. The number of hydrogen-bond donors (Lipinski definition) is 18. The predicted molar refractivity (Wildman–Crippen MR) is 346 cm³/mol. The molecule has 4 aromatic rings. The molecule has 0 spiro atoms. The van der Waals surface area contributed by atoms with Gasteiger partial charge < -0.3 is 94.2 Å². The first-order valence-corrected chi connectivity index (χ1v) is 31.4. The normalized spacial score (nSPS) is 16.2. The first kappa shape index (κ1) is 77.3. The number of H-pyrrole nitrogens is 2. The first-order chi connectivity index (χ1) is 45.0. The highest BCUT2D eigenvalue weighted by molar-refractivity contribution is 5.99. The van der Waals surface area contributed by atoms with Crippen molar-refractivity contribution in [1.29, 1.82) is 5.41 Å². The van der Waals surface area contributed by atoms with Crippen LogP contribution in [-0.4, -0.2) is 198 Å². The number of fused-ring (bicyclic) bond motifs is 1. The van der Waals surface area contributed by atoms with Gasteiger partial charge in [-0.3, -0.25) is 62.9 Å². The van der Waals surface area contributed by atoms with Crippen LogP contribution in [0.1, 0.15) is 117 Å². The molecule has 0 bridgehead atoms. The van der Waals surface area contributed by atoms with Gasteiger partial charge in [0.05, 0.1) is 12.9 Å². The van der Waals surface area contributed by atoms with E-state index in [1.807, 2.05) is 19.9 Å². The van der Waals surface area contributed by atoms with Crippen molar-refractivity contribution < 1.29 is 78.0 Å². The van der Waals surface area contributed by atoms with E-state index in [0.29, 0.717) is 48.0 Å². The van der Waals surface area contributed by atoms with Crippen LogP contribution in [0.5, 0.6) is 5.75 Å². The number of guanidine groups is 1. The number of nitrogens with zero attached hydrogens (tertiary/aromatic N) is 2. The van der Waals surface area contributed by atoms with Crippen molar-refractivity contribution in [3.8, 4) is 5.75 Å². The number of hydrogen-bond acceptors (Lipinski definition) is 16.